The van der Waals surface area contributed by atoms with Gasteiger partial charge in [0.1, 0.15) is 18.0 Å². The number of urea groups is 1. The number of carbonyl (C=O) groups is 3. The number of hydrogen-bond donors (Lipinski definition) is 2. The molecule has 0 aromatic heterocycles. The summed E-state index contributed by atoms with van der Waals surface area (Å²) in [5.41, 5.74) is 1.17. The van der Waals surface area contributed by atoms with Crippen LogP contribution in [0.3, 0.4) is 0 Å². The number of para-hydroxylation sites is 1. The molecule has 2 aromatic carbocycles. The monoisotopic (exact) mass is 399 g/mol. The average molecular weight is 400 g/mol. The van der Waals surface area contributed by atoms with Crippen molar-refractivity contribution in [2.24, 2.45) is 0 Å². The van der Waals surface area contributed by atoms with Crippen LogP contribution in [0.25, 0.3) is 6.08 Å². The molecule has 0 saturated carbocycles. The van der Waals surface area contributed by atoms with Crippen LogP contribution >= 0.6 is 11.6 Å². The van der Waals surface area contributed by atoms with Crippen molar-refractivity contribution in [2.75, 3.05) is 18.5 Å². The molecule has 144 valence electrons. The number of nitrogens with one attached hydrogen (secondary N) is 2. The van der Waals surface area contributed by atoms with Gasteiger partial charge >= 0.3 is 6.03 Å². The molecular weight excluding hydrogens is 382 g/mol. The maximum absolute atomic E-state index is 12.6. The third-order valence-electron chi connectivity index (χ3n) is 3.89. The summed E-state index contributed by atoms with van der Waals surface area (Å²) in [6.45, 7) is 1.87. The summed E-state index contributed by atoms with van der Waals surface area (Å²) in [7, 11) is 0. The Kier molecular flexibility index (Phi) is 5.96. The number of rotatable bonds is 6. The molecule has 8 heteroatoms. The highest BCUT2D eigenvalue weighted by Crippen LogP contribution is 2.26. The van der Waals surface area contributed by atoms with Gasteiger partial charge < -0.3 is 15.4 Å². The van der Waals surface area contributed by atoms with Crippen molar-refractivity contribution in [3.63, 3.8) is 0 Å². The Morgan fingerprint density at radius 2 is 1.96 bits per heavy atom. The van der Waals surface area contributed by atoms with Gasteiger partial charge in [0.2, 0.25) is 5.91 Å². The van der Waals surface area contributed by atoms with Gasteiger partial charge in [0.05, 0.1) is 6.61 Å². The number of anilines is 1. The summed E-state index contributed by atoms with van der Waals surface area (Å²) in [6, 6.07) is 13.1. The molecule has 0 aliphatic carbocycles. The van der Waals surface area contributed by atoms with Crippen LogP contribution in [-0.2, 0) is 9.59 Å². The molecule has 28 heavy (non-hydrogen) atoms. The Hall–Kier alpha value is -3.32. The van der Waals surface area contributed by atoms with Crippen LogP contribution in [-0.4, -0.2) is 35.9 Å². The smallest absolute Gasteiger partial charge is 0.329 e. The summed E-state index contributed by atoms with van der Waals surface area (Å²) in [4.78, 5) is 37.8. The molecule has 2 N–H and O–H groups in total. The summed E-state index contributed by atoms with van der Waals surface area (Å²) in [5, 5.41) is 5.58. The standard InChI is InChI=1S/C20H18ClN3O4/c1-2-28-17-9-8-14(21)10-13(17)11-16-19(26)24(20(27)23-16)12-18(25)22-15-6-4-3-5-7-15/h3-11H,2,12H2,1H3,(H,22,25)(H,23,27)/b16-11+. The molecule has 7 nitrogen and oxygen atoms in total. The fraction of sp³-hybridized carbons (Fsp3) is 0.150. The van der Waals surface area contributed by atoms with Gasteiger partial charge in [0, 0.05) is 16.3 Å². The van der Waals surface area contributed by atoms with E-state index in [1.54, 1.807) is 42.5 Å². The van der Waals surface area contributed by atoms with Gasteiger partial charge in [0.15, 0.2) is 0 Å². The normalized spacial score (nSPS) is 14.9. The first kappa shape index (κ1) is 19.4. The van der Waals surface area contributed by atoms with E-state index in [-0.39, 0.29) is 5.70 Å². The second-order valence-corrected chi connectivity index (χ2v) is 6.35. The average Bonchev–Trinajstić information content (AvgIpc) is 2.92. The molecule has 4 amide bonds. The molecule has 3 rings (SSSR count). The van der Waals surface area contributed by atoms with Crippen molar-refractivity contribution in [1.82, 2.24) is 10.2 Å². The van der Waals surface area contributed by atoms with Crippen LogP contribution < -0.4 is 15.4 Å². The minimum Gasteiger partial charge on any atom is -0.493 e. The zero-order valence-corrected chi connectivity index (χ0v) is 15.8. The maximum Gasteiger partial charge on any atom is 0.329 e. The number of nitrogens with zero attached hydrogens (tertiary/aromatic N) is 1. The number of halogens is 1. The van der Waals surface area contributed by atoms with E-state index in [1.807, 2.05) is 13.0 Å². The molecule has 0 bridgehead atoms. The number of hydrogen-bond acceptors (Lipinski definition) is 4. The lowest BCUT2D eigenvalue weighted by atomic mass is 10.1. The Morgan fingerprint density at radius 1 is 1.21 bits per heavy atom. The molecule has 0 atom stereocenters. The van der Waals surface area contributed by atoms with E-state index in [1.165, 1.54) is 6.08 Å². The molecule has 1 fully saturated rings. The Labute approximate surface area is 166 Å². The van der Waals surface area contributed by atoms with Gasteiger partial charge in [-0.3, -0.25) is 9.59 Å². The van der Waals surface area contributed by atoms with E-state index >= 15 is 0 Å². The lowest BCUT2D eigenvalue weighted by Crippen LogP contribution is -2.38. The van der Waals surface area contributed by atoms with E-state index in [0.717, 1.165) is 4.90 Å². The SMILES string of the molecule is CCOc1ccc(Cl)cc1/C=C1/NC(=O)N(CC(=O)Nc2ccccc2)C1=O. The largest absolute Gasteiger partial charge is 0.493 e. The molecule has 2 aromatic rings. The van der Waals surface area contributed by atoms with E-state index in [9.17, 15) is 14.4 Å². The molecule has 0 spiro atoms. The first-order chi connectivity index (χ1) is 13.5. The second kappa shape index (κ2) is 8.58. The van der Waals surface area contributed by atoms with E-state index < -0.39 is 24.4 Å². The van der Waals surface area contributed by atoms with Crippen molar-refractivity contribution < 1.29 is 19.1 Å². The zero-order valence-electron chi connectivity index (χ0n) is 15.1. The van der Waals surface area contributed by atoms with Crippen LogP contribution in [0.2, 0.25) is 5.02 Å². The van der Waals surface area contributed by atoms with E-state index in [0.29, 0.717) is 28.6 Å². The van der Waals surface area contributed by atoms with Crippen LogP contribution in [0.4, 0.5) is 10.5 Å². The quantitative estimate of drug-likeness (QED) is 0.576. The lowest BCUT2D eigenvalue weighted by Gasteiger charge is -2.12. The number of ether oxygens (including phenoxy) is 1. The summed E-state index contributed by atoms with van der Waals surface area (Å²) in [6.07, 6.45) is 1.48. The molecular formula is C20H18ClN3O4. The van der Waals surface area contributed by atoms with Crippen LogP contribution in [0.15, 0.2) is 54.2 Å². The van der Waals surface area contributed by atoms with E-state index in [4.69, 9.17) is 16.3 Å². The van der Waals surface area contributed by atoms with Gasteiger partial charge in [0.25, 0.3) is 5.91 Å². The number of benzene rings is 2. The molecule has 0 radical (unpaired) electrons. The fourth-order valence-electron chi connectivity index (χ4n) is 2.66. The molecule has 1 aliphatic rings. The minimum absolute atomic E-state index is 0.0423. The van der Waals surface area contributed by atoms with E-state index in [2.05, 4.69) is 10.6 Å². The van der Waals surface area contributed by atoms with Gasteiger partial charge in [-0.2, -0.15) is 0 Å². The van der Waals surface area contributed by atoms with Gasteiger partial charge in [-0.1, -0.05) is 29.8 Å². The first-order valence-electron chi connectivity index (χ1n) is 8.59. The van der Waals surface area contributed by atoms with Crippen molar-refractivity contribution in [3.05, 3.63) is 64.8 Å². The summed E-state index contributed by atoms with van der Waals surface area (Å²) >= 11 is 6.02. The first-order valence-corrected chi connectivity index (χ1v) is 8.97. The highest BCUT2D eigenvalue weighted by molar-refractivity contribution is 6.30. The Balaban J connectivity index is 1.75. The van der Waals surface area contributed by atoms with Crippen molar-refractivity contribution in [2.45, 2.75) is 6.92 Å². The number of carbonyl (C=O) groups excluding carboxylic acids is 3. The third-order valence-corrected chi connectivity index (χ3v) is 4.13. The summed E-state index contributed by atoms with van der Waals surface area (Å²) < 4.78 is 5.52. The fourth-order valence-corrected chi connectivity index (χ4v) is 2.84. The molecule has 1 heterocycles. The third kappa shape index (κ3) is 4.50. The number of imide groups is 1. The van der Waals surface area contributed by atoms with Crippen LogP contribution in [0, 0.1) is 0 Å². The lowest BCUT2D eigenvalue weighted by molar-refractivity contribution is -0.127. The van der Waals surface area contributed by atoms with Gasteiger partial charge in [-0.05, 0) is 43.3 Å². The molecule has 1 saturated heterocycles. The minimum atomic E-state index is -0.667. The second-order valence-electron chi connectivity index (χ2n) is 5.91. The molecule has 1 aliphatic heterocycles. The summed E-state index contributed by atoms with van der Waals surface area (Å²) in [5.74, 6) is -0.550. The zero-order chi connectivity index (χ0) is 20.1. The predicted octanol–water partition coefficient (Wildman–Crippen LogP) is 3.27. The Morgan fingerprint density at radius 3 is 2.68 bits per heavy atom. The van der Waals surface area contributed by atoms with Crippen molar-refractivity contribution >= 4 is 41.2 Å². The van der Waals surface area contributed by atoms with Crippen molar-refractivity contribution in [3.8, 4) is 5.75 Å². The van der Waals surface area contributed by atoms with Crippen LogP contribution in [0.5, 0.6) is 5.75 Å². The van der Waals surface area contributed by atoms with Gasteiger partial charge in [-0.25, -0.2) is 9.69 Å². The Bertz CT molecular complexity index is 944. The molecule has 0 unspecified atom stereocenters. The van der Waals surface area contributed by atoms with Gasteiger partial charge in [-0.15, -0.1) is 0 Å². The van der Waals surface area contributed by atoms with Crippen LogP contribution in [0.1, 0.15) is 12.5 Å². The number of amides is 4. The maximum atomic E-state index is 12.6. The van der Waals surface area contributed by atoms with Crippen molar-refractivity contribution in [1.29, 1.82) is 0 Å². The highest BCUT2D eigenvalue weighted by Gasteiger charge is 2.35. The predicted molar refractivity (Wildman–Crippen MR) is 106 cm³/mol. The highest BCUT2D eigenvalue weighted by atomic mass is 35.5. The topological polar surface area (TPSA) is 87.7 Å².